The van der Waals surface area contributed by atoms with E-state index in [1.807, 2.05) is 58.3 Å². The molecule has 0 aromatic rings. The van der Waals surface area contributed by atoms with Gasteiger partial charge >= 0.3 is 24.1 Å². The van der Waals surface area contributed by atoms with Gasteiger partial charge in [0, 0.05) is 37.0 Å². The molecule has 4 aliphatic rings. The second-order valence-corrected chi connectivity index (χ2v) is 13.8. The van der Waals surface area contributed by atoms with Gasteiger partial charge in [-0.25, -0.2) is 9.59 Å². The van der Waals surface area contributed by atoms with Crippen LogP contribution in [-0.4, -0.2) is 81.0 Å². The lowest BCUT2D eigenvalue weighted by atomic mass is 9.88. The number of carbonyl (C=O) groups is 4. The molecule has 0 saturated carbocycles. The SMILES string of the molecule is CC(C)(C)OC(=O)N1C2CCC1CC(CC(=O)O)C2.CCOC(=O)CC1CC2CCC(C1)N2C(=O)OC(C)(C)C. The monoisotopic (exact) mass is 566 g/mol. The lowest BCUT2D eigenvalue weighted by Crippen LogP contribution is -2.48. The summed E-state index contributed by atoms with van der Waals surface area (Å²) in [5, 5.41) is 8.88. The van der Waals surface area contributed by atoms with Crippen molar-refractivity contribution in [1.82, 2.24) is 9.80 Å². The summed E-state index contributed by atoms with van der Waals surface area (Å²) in [6.07, 6.45) is 7.58. The van der Waals surface area contributed by atoms with Crippen LogP contribution in [0.1, 0.15) is 113 Å². The Balaban J connectivity index is 0.000000222. The van der Waals surface area contributed by atoms with Crippen LogP contribution in [0.4, 0.5) is 9.59 Å². The minimum absolute atomic E-state index is 0.118. The molecule has 4 rings (SSSR count). The Labute approximate surface area is 239 Å². The van der Waals surface area contributed by atoms with Gasteiger partial charge in [-0.1, -0.05) is 0 Å². The van der Waals surface area contributed by atoms with Gasteiger partial charge in [-0.3, -0.25) is 9.59 Å². The fourth-order valence-corrected chi connectivity index (χ4v) is 6.84. The summed E-state index contributed by atoms with van der Waals surface area (Å²) >= 11 is 0. The van der Waals surface area contributed by atoms with Crippen LogP contribution in [0.3, 0.4) is 0 Å². The number of nitrogens with zero attached hydrogens (tertiary/aromatic N) is 2. The van der Waals surface area contributed by atoms with E-state index in [1.54, 1.807) is 0 Å². The first kappa shape index (κ1) is 32.0. The minimum atomic E-state index is -0.741. The van der Waals surface area contributed by atoms with Crippen LogP contribution in [0, 0.1) is 11.8 Å². The van der Waals surface area contributed by atoms with E-state index in [9.17, 15) is 19.2 Å². The number of esters is 1. The third-order valence-corrected chi connectivity index (χ3v) is 8.09. The maximum Gasteiger partial charge on any atom is 0.410 e. The summed E-state index contributed by atoms with van der Waals surface area (Å²) < 4.78 is 16.0. The Kier molecular flexibility index (Phi) is 10.4. The fraction of sp³-hybridized carbons (Fsp3) is 0.867. The molecule has 228 valence electrons. The molecule has 0 aromatic carbocycles. The van der Waals surface area contributed by atoms with Crippen LogP contribution in [0.2, 0.25) is 0 Å². The zero-order valence-corrected chi connectivity index (χ0v) is 25.4. The molecule has 4 heterocycles. The molecule has 4 atom stereocenters. The predicted molar refractivity (Wildman–Crippen MR) is 149 cm³/mol. The number of hydrogen-bond donors (Lipinski definition) is 1. The van der Waals surface area contributed by atoms with Gasteiger partial charge in [-0.2, -0.15) is 0 Å². The third kappa shape index (κ3) is 8.99. The van der Waals surface area contributed by atoms with E-state index in [0.717, 1.165) is 51.4 Å². The van der Waals surface area contributed by atoms with Gasteiger partial charge in [0.25, 0.3) is 0 Å². The van der Waals surface area contributed by atoms with Crippen molar-refractivity contribution in [3.05, 3.63) is 0 Å². The second kappa shape index (κ2) is 13.0. The van der Waals surface area contributed by atoms with Crippen molar-refractivity contribution in [1.29, 1.82) is 0 Å². The van der Waals surface area contributed by atoms with Gasteiger partial charge in [-0.05, 0) is 112 Å². The predicted octanol–water partition coefficient (Wildman–Crippen LogP) is 5.76. The topological polar surface area (TPSA) is 123 Å². The number of carbonyl (C=O) groups excluding carboxylic acids is 3. The number of carboxylic acids is 1. The van der Waals surface area contributed by atoms with Crippen LogP contribution in [0.25, 0.3) is 0 Å². The van der Waals surface area contributed by atoms with E-state index in [2.05, 4.69) is 0 Å². The van der Waals surface area contributed by atoms with E-state index in [0.29, 0.717) is 18.9 Å². The highest BCUT2D eigenvalue weighted by atomic mass is 16.6. The number of carboxylic acid groups (broad SMARTS) is 1. The Morgan fingerprint density at radius 1 is 0.675 bits per heavy atom. The molecule has 10 nitrogen and oxygen atoms in total. The summed E-state index contributed by atoms with van der Waals surface area (Å²) in [5.74, 6) is -0.323. The molecule has 0 spiro atoms. The minimum Gasteiger partial charge on any atom is -0.481 e. The zero-order chi connectivity index (χ0) is 29.8. The molecule has 4 saturated heterocycles. The molecule has 4 unspecified atom stereocenters. The lowest BCUT2D eigenvalue weighted by molar-refractivity contribution is -0.144. The standard InChI is InChI=1S/C16H27NO4.C14H23NO4/c1-5-20-14(18)10-11-8-12-6-7-13(9-11)17(12)15(19)21-16(2,3)4;1-14(2,3)19-13(18)15-10-4-5-11(15)7-9(6-10)8-12(16)17/h11-13H,5-10H2,1-4H3;9-11H,4-8H2,1-3H3,(H,16,17). The average Bonchev–Trinajstić information content (AvgIpc) is 3.22. The third-order valence-electron chi connectivity index (χ3n) is 8.09. The summed E-state index contributed by atoms with van der Waals surface area (Å²) in [4.78, 5) is 50.7. The van der Waals surface area contributed by atoms with Gasteiger partial charge in [0.05, 0.1) is 6.61 Å². The van der Waals surface area contributed by atoms with Gasteiger partial charge in [-0.15, -0.1) is 0 Å². The summed E-state index contributed by atoms with van der Waals surface area (Å²) in [6.45, 7) is 13.5. The Morgan fingerprint density at radius 2 is 1.02 bits per heavy atom. The number of aliphatic carboxylic acids is 1. The summed E-state index contributed by atoms with van der Waals surface area (Å²) in [6, 6.07) is 0.770. The smallest absolute Gasteiger partial charge is 0.410 e. The lowest BCUT2D eigenvalue weighted by Gasteiger charge is -2.39. The highest BCUT2D eigenvalue weighted by Crippen LogP contribution is 2.42. The molecule has 4 aliphatic heterocycles. The van der Waals surface area contributed by atoms with E-state index in [-0.39, 0.29) is 54.7 Å². The van der Waals surface area contributed by atoms with Crippen molar-refractivity contribution in [2.75, 3.05) is 6.61 Å². The Morgan fingerprint density at radius 3 is 1.32 bits per heavy atom. The van der Waals surface area contributed by atoms with Gasteiger partial charge < -0.3 is 29.1 Å². The van der Waals surface area contributed by atoms with Crippen LogP contribution < -0.4 is 0 Å². The normalized spacial score (nSPS) is 29.3. The number of fused-ring (bicyclic) bond motifs is 4. The quantitative estimate of drug-likeness (QED) is 0.329. The first-order chi connectivity index (χ1) is 18.6. The molecule has 1 N–H and O–H groups in total. The molecule has 4 bridgehead atoms. The van der Waals surface area contributed by atoms with E-state index in [1.165, 1.54) is 0 Å². The van der Waals surface area contributed by atoms with Crippen molar-refractivity contribution in [3.63, 3.8) is 0 Å². The van der Waals surface area contributed by atoms with Gasteiger partial charge in [0.1, 0.15) is 11.2 Å². The molecule has 0 radical (unpaired) electrons. The Bertz CT molecular complexity index is 896. The first-order valence-electron chi connectivity index (χ1n) is 15.0. The van der Waals surface area contributed by atoms with Crippen molar-refractivity contribution >= 4 is 24.1 Å². The van der Waals surface area contributed by atoms with Crippen molar-refractivity contribution in [2.24, 2.45) is 11.8 Å². The highest BCUT2D eigenvalue weighted by molar-refractivity contribution is 5.71. The maximum atomic E-state index is 12.3. The molecular weight excluding hydrogens is 516 g/mol. The molecule has 10 heteroatoms. The largest absolute Gasteiger partial charge is 0.481 e. The summed E-state index contributed by atoms with van der Waals surface area (Å²) in [5.41, 5.74) is -0.938. The average molecular weight is 567 g/mol. The number of rotatable bonds is 5. The second-order valence-electron chi connectivity index (χ2n) is 13.8. The van der Waals surface area contributed by atoms with Crippen LogP contribution >= 0.6 is 0 Å². The van der Waals surface area contributed by atoms with Crippen LogP contribution in [-0.2, 0) is 23.8 Å². The Hall–Kier alpha value is -2.52. The number of amides is 2. The molecule has 2 amide bonds. The van der Waals surface area contributed by atoms with E-state index >= 15 is 0 Å². The van der Waals surface area contributed by atoms with Crippen molar-refractivity contribution in [3.8, 4) is 0 Å². The van der Waals surface area contributed by atoms with Crippen molar-refractivity contribution < 1.29 is 38.5 Å². The van der Waals surface area contributed by atoms with Crippen LogP contribution in [0.15, 0.2) is 0 Å². The van der Waals surface area contributed by atoms with Gasteiger partial charge in [0.2, 0.25) is 0 Å². The fourth-order valence-electron chi connectivity index (χ4n) is 6.84. The molecule has 40 heavy (non-hydrogen) atoms. The van der Waals surface area contributed by atoms with Crippen LogP contribution in [0.5, 0.6) is 0 Å². The number of piperidine rings is 2. The highest BCUT2D eigenvalue weighted by Gasteiger charge is 2.46. The molecule has 0 aromatic heterocycles. The molecule has 0 aliphatic carbocycles. The number of ether oxygens (including phenoxy) is 3. The molecular formula is C30H50N2O8. The van der Waals surface area contributed by atoms with E-state index < -0.39 is 17.2 Å². The maximum absolute atomic E-state index is 12.3. The number of hydrogen-bond acceptors (Lipinski definition) is 7. The van der Waals surface area contributed by atoms with Gasteiger partial charge in [0.15, 0.2) is 0 Å². The molecule has 4 fully saturated rings. The zero-order valence-electron chi connectivity index (χ0n) is 25.4. The van der Waals surface area contributed by atoms with E-state index in [4.69, 9.17) is 19.3 Å². The summed E-state index contributed by atoms with van der Waals surface area (Å²) in [7, 11) is 0. The van der Waals surface area contributed by atoms with Crippen molar-refractivity contribution in [2.45, 2.75) is 148 Å². The first-order valence-corrected chi connectivity index (χ1v) is 15.0.